The van der Waals surface area contributed by atoms with Crippen LogP contribution in [0.15, 0.2) is 10.6 Å². The van der Waals surface area contributed by atoms with Gasteiger partial charge in [-0.25, -0.2) is 4.79 Å². The highest BCUT2D eigenvalue weighted by Gasteiger charge is 2.36. The number of alkyl halides is 3. The van der Waals surface area contributed by atoms with Gasteiger partial charge < -0.3 is 9.26 Å². The normalized spacial score (nSPS) is 12.0. The lowest BCUT2D eigenvalue weighted by atomic mass is 10.5. The summed E-state index contributed by atoms with van der Waals surface area (Å²) in [7, 11) is 0. The molecular formula is C8H7F3N2O3. The Morgan fingerprint density at radius 2 is 2.25 bits per heavy atom. The Labute approximate surface area is 87.9 Å². The van der Waals surface area contributed by atoms with Crippen molar-refractivity contribution in [3.63, 3.8) is 0 Å². The summed E-state index contributed by atoms with van der Waals surface area (Å²) in [6.07, 6.45) is -2.82. The van der Waals surface area contributed by atoms with Gasteiger partial charge in [-0.2, -0.15) is 18.2 Å². The lowest BCUT2D eigenvalue weighted by Gasteiger charge is -1.95. The fourth-order valence-electron chi connectivity index (χ4n) is 0.748. The summed E-state index contributed by atoms with van der Waals surface area (Å²) in [5, 5.41) is 2.70. The lowest BCUT2D eigenvalue weighted by Crippen LogP contribution is -2.07. The zero-order chi connectivity index (χ0) is 12.2. The Hall–Kier alpha value is -1.86. The number of esters is 1. The zero-order valence-electron chi connectivity index (χ0n) is 8.11. The van der Waals surface area contributed by atoms with E-state index in [0.717, 1.165) is 12.2 Å². The predicted octanol–water partition coefficient (Wildman–Crippen LogP) is 1.66. The van der Waals surface area contributed by atoms with Gasteiger partial charge in [0.05, 0.1) is 6.61 Å². The van der Waals surface area contributed by atoms with Crippen molar-refractivity contribution in [3.05, 3.63) is 17.8 Å². The Kier molecular flexibility index (Phi) is 3.64. The van der Waals surface area contributed by atoms with Crippen molar-refractivity contribution >= 4 is 12.0 Å². The van der Waals surface area contributed by atoms with Crippen LogP contribution in [0.5, 0.6) is 0 Å². The van der Waals surface area contributed by atoms with E-state index < -0.39 is 23.9 Å². The number of ether oxygens (including phenoxy) is 1. The molecule has 0 amide bonds. The molecule has 0 bridgehead atoms. The SMILES string of the molecule is CCOC(=O)/C=C/c1nc(C(F)(F)F)no1. The molecule has 0 aliphatic carbocycles. The van der Waals surface area contributed by atoms with Crippen LogP contribution in [0, 0.1) is 0 Å². The molecule has 0 fully saturated rings. The number of aromatic nitrogens is 2. The Bertz CT molecular complexity index is 397. The van der Waals surface area contributed by atoms with Crippen molar-refractivity contribution in [3.8, 4) is 0 Å². The minimum Gasteiger partial charge on any atom is -0.463 e. The second-order valence-electron chi connectivity index (χ2n) is 2.54. The first kappa shape index (κ1) is 12.2. The van der Waals surface area contributed by atoms with Gasteiger partial charge in [-0.05, 0) is 6.92 Å². The van der Waals surface area contributed by atoms with E-state index >= 15 is 0 Å². The number of carbonyl (C=O) groups excluding carboxylic acids is 1. The molecule has 1 heterocycles. The molecule has 0 saturated carbocycles. The van der Waals surface area contributed by atoms with Gasteiger partial charge >= 0.3 is 12.1 Å². The van der Waals surface area contributed by atoms with Gasteiger partial charge in [0.1, 0.15) is 0 Å². The van der Waals surface area contributed by atoms with E-state index in [0.29, 0.717) is 0 Å². The first-order chi connectivity index (χ1) is 7.43. The van der Waals surface area contributed by atoms with Crippen LogP contribution in [0.2, 0.25) is 0 Å². The monoisotopic (exact) mass is 236 g/mol. The van der Waals surface area contributed by atoms with E-state index in [9.17, 15) is 18.0 Å². The maximum Gasteiger partial charge on any atom is 0.455 e. The van der Waals surface area contributed by atoms with E-state index in [1.807, 2.05) is 0 Å². The van der Waals surface area contributed by atoms with Crippen molar-refractivity contribution in [2.45, 2.75) is 13.1 Å². The second kappa shape index (κ2) is 4.77. The molecule has 1 rings (SSSR count). The smallest absolute Gasteiger partial charge is 0.455 e. The van der Waals surface area contributed by atoms with Gasteiger partial charge in [-0.1, -0.05) is 5.16 Å². The van der Waals surface area contributed by atoms with E-state index in [-0.39, 0.29) is 6.61 Å². The molecule has 1 aromatic rings. The molecule has 0 radical (unpaired) electrons. The standard InChI is InChI=1S/C8H7F3N2O3/c1-2-15-6(14)4-3-5-12-7(13-16-5)8(9,10)11/h3-4H,2H2,1H3/b4-3+. The fourth-order valence-corrected chi connectivity index (χ4v) is 0.748. The minimum atomic E-state index is -4.67. The molecule has 88 valence electrons. The van der Waals surface area contributed by atoms with E-state index in [1.54, 1.807) is 6.92 Å². The summed E-state index contributed by atoms with van der Waals surface area (Å²) >= 11 is 0. The summed E-state index contributed by atoms with van der Waals surface area (Å²) in [5.41, 5.74) is 0. The van der Waals surface area contributed by atoms with Gasteiger partial charge in [-0.15, -0.1) is 0 Å². The molecule has 0 unspecified atom stereocenters. The molecule has 0 aliphatic rings. The highest BCUT2D eigenvalue weighted by molar-refractivity contribution is 5.86. The van der Waals surface area contributed by atoms with Crippen LogP contribution in [0.1, 0.15) is 18.6 Å². The topological polar surface area (TPSA) is 65.2 Å². The van der Waals surface area contributed by atoms with Crippen LogP contribution in [-0.4, -0.2) is 22.7 Å². The van der Waals surface area contributed by atoms with Gasteiger partial charge in [0.15, 0.2) is 0 Å². The molecule has 1 aromatic heterocycles. The third-order valence-corrected chi connectivity index (χ3v) is 1.34. The molecule has 5 nitrogen and oxygen atoms in total. The van der Waals surface area contributed by atoms with Crippen LogP contribution in [0.3, 0.4) is 0 Å². The quantitative estimate of drug-likeness (QED) is 0.589. The van der Waals surface area contributed by atoms with E-state index in [2.05, 4.69) is 19.4 Å². The van der Waals surface area contributed by atoms with Gasteiger partial charge in [0.2, 0.25) is 0 Å². The van der Waals surface area contributed by atoms with Crippen LogP contribution in [0.25, 0.3) is 6.08 Å². The second-order valence-corrected chi connectivity index (χ2v) is 2.54. The summed E-state index contributed by atoms with van der Waals surface area (Å²) in [5.74, 6) is -2.51. The van der Waals surface area contributed by atoms with Crippen LogP contribution >= 0.6 is 0 Å². The van der Waals surface area contributed by atoms with Crippen LogP contribution in [-0.2, 0) is 15.7 Å². The zero-order valence-corrected chi connectivity index (χ0v) is 8.11. The summed E-state index contributed by atoms with van der Waals surface area (Å²) < 4.78 is 44.8. The molecule has 0 atom stereocenters. The molecular weight excluding hydrogens is 229 g/mol. The maximum absolute atomic E-state index is 12.0. The molecule has 0 aromatic carbocycles. The minimum absolute atomic E-state index is 0.167. The van der Waals surface area contributed by atoms with Crippen molar-refractivity contribution < 1.29 is 27.2 Å². The van der Waals surface area contributed by atoms with Crippen molar-refractivity contribution in [2.75, 3.05) is 6.61 Å². The number of hydrogen-bond acceptors (Lipinski definition) is 5. The first-order valence-electron chi connectivity index (χ1n) is 4.19. The molecule has 0 spiro atoms. The average molecular weight is 236 g/mol. The van der Waals surface area contributed by atoms with Crippen LogP contribution < -0.4 is 0 Å². The lowest BCUT2D eigenvalue weighted by molar-refractivity contribution is -0.146. The van der Waals surface area contributed by atoms with E-state index in [1.165, 1.54) is 0 Å². The van der Waals surface area contributed by atoms with Crippen LogP contribution in [0.4, 0.5) is 13.2 Å². The maximum atomic E-state index is 12.0. The molecule has 16 heavy (non-hydrogen) atoms. The Morgan fingerprint density at radius 3 is 2.75 bits per heavy atom. The molecule has 0 N–H and O–H groups in total. The van der Waals surface area contributed by atoms with Gasteiger partial charge in [-0.3, -0.25) is 0 Å². The van der Waals surface area contributed by atoms with Crippen molar-refractivity contribution in [2.24, 2.45) is 0 Å². The number of carbonyl (C=O) groups is 1. The highest BCUT2D eigenvalue weighted by atomic mass is 19.4. The average Bonchev–Trinajstić information content (AvgIpc) is 2.63. The first-order valence-corrected chi connectivity index (χ1v) is 4.19. The summed E-state index contributed by atoms with van der Waals surface area (Å²) in [6.45, 7) is 1.76. The number of nitrogens with zero attached hydrogens (tertiary/aromatic N) is 2. The Morgan fingerprint density at radius 1 is 1.56 bits per heavy atom. The predicted molar refractivity (Wildman–Crippen MR) is 45.0 cm³/mol. The van der Waals surface area contributed by atoms with Crippen molar-refractivity contribution in [1.29, 1.82) is 0 Å². The van der Waals surface area contributed by atoms with Gasteiger partial charge in [0, 0.05) is 12.2 Å². The molecule has 8 heteroatoms. The molecule has 0 aliphatic heterocycles. The third kappa shape index (κ3) is 3.37. The Balaban J connectivity index is 2.69. The van der Waals surface area contributed by atoms with Gasteiger partial charge in [0.25, 0.3) is 11.7 Å². The largest absolute Gasteiger partial charge is 0.463 e. The summed E-state index contributed by atoms with van der Waals surface area (Å²) in [6, 6.07) is 0. The number of hydrogen-bond donors (Lipinski definition) is 0. The summed E-state index contributed by atoms with van der Waals surface area (Å²) in [4.78, 5) is 13.8. The fraction of sp³-hybridized carbons (Fsp3) is 0.375. The number of rotatable bonds is 3. The number of halogens is 3. The van der Waals surface area contributed by atoms with E-state index in [4.69, 9.17) is 0 Å². The highest BCUT2D eigenvalue weighted by Crippen LogP contribution is 2.26. The molecule has 0 saturated heterocycles. The van der Waals surface area contributed by atoms with Crippen molar-refractivity contribution in [1.82, 2.24) is 10.1 Å². The third-order valence-electron chi connectivity index (χ3n) is 1.34.